The number of hydrogen-bond acceptors (Lipinski definition) is 6. The zero-order valence-corrected chi connectivity index (χ0v) is 15.3. The van der Waals surface area contributed by atoms with Crippen LogP contribution in [0.25, 0.3) is 22.4 Å². The summed E-state index contributed by atoms with van der Waals surface area (Å²) in [5.74, 6) is 0.825. The number of aromatic amines is 1. The fourth-order valence-electron chi connectivity index (χ4n) is 3.92. The molecule has 2 atom stereocenters. The van der Waals surface area contributed by atoms with Crippen molar-refractivity contribution in [3.63, 3.8) is 0 Å². The van der Waals surface area contributed by atoms with Crippen LogP contribution in [0.4, 0.5) is 5.82 Å². The molecule has 27 heavy (non-hydrogen) atoms. The Morgan fingerprint density at radius 3 is 3.00 bits per heavy atom. The highest BCUT2D eigenvalue weighted by Crippen LogP contribution is 2.35. The van der Waals surface area contributed by atoms with Crippen molar-refractivity contribution in [2.45, 2.75) is 32.5 Å². The SMILES string of the molecule is CC1NC(=O)Cn2nc(-c3cc[nH]n3)c3nc(N4CCOC[C@H]4C)cc1c32. The number of morpholine rings is 1. The molecule has 0 spiro atoms. The van der Waals surface area contributed by atoms with E-state index in [1.54, 1.807) is 10.9 Å². The molecule has 2 N–H and O–H groups in total. The van der Waals surface area contributed by atoms with E-state index in [9.17, 15) is 4.79 Å². The highest BCUT2D eigenvalue weighted by Gasteiger charge is 2.29. The van der Waals surface area contributed by atoms with Gasteiger partial charge in [0.05, 0.1) is 30.8 Å². The van der Waals surface area contributed by atoms with Crippen LogP contribution in [0.2, 0.25) is 0 Å². The van der Waals surface area contributed by atoms with Crippen LogP contribution in [0.1, 0.15) is 25.5 Å². The molecule has 2 aliphatic rings. The first kappa shape index (κ1) is 16.2. The van der Waals surface area contributed by atoms with Gasteiger partial charge in [-0.25, -0.2) is 4.98 Å². The molecule has 9 nitrogen and oxygen atoms in total. The van der Waals surface area contributed by atoms with Crippen LogP contribution in [0, 0.1) is 0 Å². The van der Waals surface area contributed by atoms with Crippen LogP contribution in [0.3, 0.4) is 0 Å². The maximum absolute atomic E-state index is 12.3. The molecule has 5 heterocycles. The van der Waals surface area contributed by atoms with Gasteiger partial charge in [-0.05, 0) is 26.0 Å². The van der Waals surface area contributed by atoms with Gasteiger partial charge >= 0.3 is 0 Å². The summed E-state index contributed by atoms with van der Waals surface area (Å²) >= 11 is 0. The minimum Gasteiger partial charge on any atom is -0.377 e. The normalized spacial score (nSPS) is 22.7. The van der Waals surface area contributed by atoms with E-state index in [2.05, 4.69) is 38.5 Å². The van der Waals surface area contributed by atoms with Gasteiger partial charge in [0, 0.05) is 18.3 Å². The van der Waals surface area contributed by atoms with Gasteiger partial charge in [-0.2, -0.15) is 10.2 Å². The third-order valence-electron chi connectivity index (χ3n) is 5.25. The van der Waals surface area contributed by atoms with E-state index in [1.165, 1.54) is 0 Å². The van der Waals surface area contributed by atoms with Crippen LogP contribution < -0.4 is 10.2 Å². The number of amides is 1. The Morgan fingerprint density at radius 2 is 2.22 bits per heavy atom. The van der Waals surface area contributed by atoms with Crippen molar-refractivity contribution in [2.75, 3.05) is 24.7 Å². The summed E-state index contributed by atoms with van der Waals surface area (Å²) < 4.78 is 7.32. The molecule has 0 saturated carbocycles. The van der Waals surface area contributed by atoms with Crippen molar-refractivity contribution in [1.82, 2.24) is 30.3 Å². The summed E-state index contributed by atoms with van der Waals surface area (Å²) in [6.07, 6.45) is 1.76. The Balaban J connectivity index is 1.77. The summed E-state index contributed by atoms with van der Waals surface area (Å²) in [5.41, 5.74) is 4.10. The number of H-pyrrole nitrogens is 1. The lowest BCUT2D eigenvalue weighted by atomic mass is 10.1. The van der Waals surface area contributed by atoms with Gasteiger partial charge in [-0.3, -0.25) is 14.6 Å². The number of carbonyl (C=O) groups excluding carboxylic acids is 1. The zero-order valence-electron chi connectivity index (χ0n) is 15.3. The summed E-state index contributed by atoms with van der Waals surface area (Å²) in [5, 5.41) is 14.8. The van der Waals surface area contributed by atoms with E-state index in [0.29, 0.717) is 18.9 Å². The fourth-order valence-corrected chi connectivity index (χ4v) is 3.92. The van der Waals surface area contributed by atoms with Gasteiger partial charge in [0.1, 0.15) is 29.3 Å². The highest BCUT2D eigenvalue weighted by atomic mass is 16.5. The lowest BCUT2D eigenvalue weighted by Gasteiger charge is -2.34. The van der Waals surface area contributed by atoms with Gasteiger partial charge in [0.25, 0.3) is 0 Å². The van der Waals surface area contributed by atoms with E-state index < -0.39 is 0 Å². The predicted octanol–water partition coefficient (Wildman–Crippen LogP) is 1.24. The molecule has 1 amide bonds. The van der Waals surface area contributed by atoms with E-state index in [0.717, 1.165) is 34.7 Å². The first-order chi connectivity index (χ1) is 13.1. The molecule has 3 aromatic rings. The van der Waals surface area contributed by atoms with E-state index in [-0.39, 0.29) is 24.5 Å². The first-order valence-corrected chi connectivity index (χ1v) is 9.17. The Morgan fingerprint density at radius 1 is 1.33 bits per heavy atom. The number of anilines is 1. The number of nitrogens with zero attached hydrogens (tertiary/aromatic N) is 5. The Labute approximate surface area is 155 Å². The van der Waals surface area contributed by atoms with Gasteiger partial charge in [-0.15, -0.1) is 0 Å². The second-order valence-electron chi connectivity index (χ2n) is 7.14. The first-order valence-electron chi connectivity index (χ1n) is 9.17. The van der Waals surface area contributed by atoms with Crippen LogP contribution in [0.15, 0.2) is 18.3 Å². The quantitative estimate of drug-likeness (QED) is 0.707. The van der Waals surface area contributed by atoms with Crippen molar-refractivity contribution < 1.29 is 9.53 Å². The summed E-state index contributed by atoms with van der Waals surface area (Å²) in [4.78, 5) is 19.5. The van der Waals surface area contributed by atoms with Crippen molar-refractivity contribution >= 4 is 22.8 Å². The molecule has 1 unspecified atom stereocenters. The fraction of sp³-hybridized carbons (Fsp3) is 0.444. The molecule has 0 radical (unpaired) electrons. The number of aromatic nitrogens is 5. The minimum absolute atomic E-state index is 0.0574. The Kier molecular flexibility index (Phi) is 3.64. The lowest BCUT2D eigenvalue weighted by molar-refractivity contribution is -0.122. The smallest absolute Gasteiger partial charge is 0.242 e. The number of ether oxygens (including phenoxy) is 1. The third-order valence-corrected chi connectivity index (χ3v) is 5.25. The van der Waals surface area contributed by atoms with Crippen molar-refractivity contribution in [3.8, 4) is 11.4 Å². The zero-order chi connectivity index (χ0) is 18.5. The van der Waals surface area contributed by atoms with Gasteiger partial charge < -0.3 is 15.0 Å². The molecular weight excluding hydrogens is 346 g/mol. The highest BCUT2D eigenvalue weighted by molar-refractivity contribution is 5.94. The third kappa shape index (κ3) is 2.57. The minimum atomic E-state index is -0.122. The average molecular weight is 367 g/mol. The molecule has 140 valence electrons. The van der Waals surface area contributed by atoms with Crippen LogP contribution in [-0.4, -0.2) is 56.7 Å². The van der Waals surface area contributed by atoms with Crippen molar-refractivity contribution in [2.24, 2.45) is 0 Å². The molecular formula is C18H21N7O2. The second kappa shape index (κ2) is 6.05. The molecule has 1 fully saturated rings. The molecule has 1 saturated heterocycles. The lowest BCUT2D eigenvalue weighted by Crippen LogP contribution is -2.44. The molecule has 0 bridgehead atoms. The van der Waals surface area contributed by atoms with Gasteiger partial charge in [0.15, 0.2) is 0 Å². The van der Waals surface area contributed by atoms with E-state index in [1.807, 2.05) is 13.0 Å². The summed E-state index contributed by atoms with van der Waals surface area (Å²) in [6.45, 7) is 6.44. The number of rotatable bonds is 2. The van der Waals surface area contributed by atoms with E-state index >= 15 is 0 Å². The van der Waals surface area contributed by atoms with Crippen molar-refractivity contribution in [1.29, 1.82) is 0 Å². The van der Waals surface area contributed by atoms with Gasteiger partial charge in [-0.1, -0.05) is 0 Å². The number of hydrogen-bond donors (Lipinski definition) is 2. The largest absolute Gasteiger partial charge is 0.377 e. The maximum atomic E-state index is 12.3. The van der Waals surface area contributed by atoms with Crippen LogP contribution in [0.5, 0.6) is 0 Å². The van der Waals surface area contributed by atoms with Gasteiger partial charge in [0.2, 0.25) is 5.91 Å². The predicted molar refractivity (Wildman–Crippen MR) is 99.3 cm³/mol. The van der Waals surface area contributed by atoms with Crippen LogP contribution >= 0.6 is 0 Å². The number of carbonyl (C=O) groups is 1. The molecule has 9 heteroatoms. The number of nitrogens with one attached hydrogen (secondary N) is 2. The second-order valence-corrected chi connectivity index (χ2v) is 7.14. The van der Waals surface area contributed by atoms with Crippen molar-refractivity contribution in [3.05, 3.63) is 23.9 Å². The molecule has 0 aliphatic carbocycles. The Hall–Kier alpha value is -2.94. The summed E-state index contributed by atoms with van der Waals surface area (Å²) in [7, 11) is 0. The summed E-state index contributed by atoms with van der Waals surface area (Å²) in [6, 6.07) is 4.05. The van der Waals surface area contributed by atoms with Crippen LogP contribution in [-0.2, 0) is 16.1 Å². The average Bonchev–Trinajstić information content (AvgIpc) is 3.27. The molecule has 3 aromatic heterocycles. The molecule has 5 rings (SSSR count). The molecule has 2 aliphatic heterocycles. The van der Waals surface area contributed by atoms with E-state index in [4.69, 9.17) is 9.72 Å². The number of pyridine rings is 1. The Bertz CT molecular complexity index is 1010. The maximum Gasteiger partial charge on any atom is 0.242 e. The monoisotopic (exact) mass is 367 g/mol. The standard InChI is InChI=1S/C18H21N7O2/c1-10-9-27-6-5-24(10)14-7-12-11(2)20-15(26)8-25-18(12)17(21-14)16(23-25)13-3-4-19-22-13/h3-4,7,10-11H,5-6,8-9H2,1-2H3,(H,19,22)(H,20,26)/t10-,11?/m1/s1. The molecule has 0 aromatic carbocycles. The topological polar surface area (TPSA) is 101 Å².